The number of nitrogens with one attached hydrogen (secondary N) is 1. The van der Waals surface area contributed by atoms with Gasteiger partial charge in [-0.1, -0.05) is 58.9 Å². The predicted molar refractivity (Wildman–Crippen MR) is 81.1 cm³/mol. The highest BCUT2D eigenvalue weighted by Gasteiger charge is 2.14. The van der Waals surface area contributed by atoms with Gasteiger partial charge >= 0.3 is 0 Å². The molecule has 0 saturated carbocycles. The smallest absolute Gasteiger partial charge is 0.00175 e. The van der Waals surface area contributed by atoms with Gasteiger partial charge in [-0.05, 0) is 48.4 Å². The number of benzene rings is 1. The molecule has 1 rings (SSSR count). The van der Waals surface area contributed by atoms with E-state index < -0.39 is 0 Å². The van der Waals surface area contributed by atoms with Gasteiger partial charge in [0.1, 0.15) is 0 Å². The van der Waals surface area contributed by atoms with Crippen molar-refractivity contribution in [3.05, 3.63) is 35.4 Å². The van der Waals surface area contributed by atoms with Crippen LogP contribution in [0.25, 0.3) is 0 Å². The lowest BCUT2D eigenvalue weighted by Gasteiger charge is -2.21. The second-order valence-corrected chi connectivity index (χ2v) is 5.92. The summed E-state index contributed by atoms with van der Waals surface area (Å²) in [6.07, 6.45) is 1.18. The van der Waals surface area contributed by atoms with E-state index in [2.05, 4.69) is 64.2 Å². The Kier molecular flexibility index (Phi) is 6.42. The second-order valence-electron chi connectivity index (χ2n) is 5.92. The molecule has 2 unspecified atom stereocenters. The number of rotatable bonds is 7. The van der Waals surface area contributed by atoms with Crippen molar-refractivity contribution in [1.29, 1.82) is 0 Å². The molecule has 0 aliphatic heterocycles. The summed E-state index contributed by atoms with van der Waals surface area (Å²) in [7, 11) is 0. The van der Waals surface area contributed by atoms with E-state index in [4.69, 9.17) is 0 Å². The Balaban J connectivity index is 2.69. The van der Waals surface area contributed by atoms with Crippen LogP contribution < -0.4 is 5.32 Å². The molecule has 1 N–H and O–H groups in total. The van der Waals surface area contributed by atoms with Gasteiger partial charge in [0.25, 0.3) is 0 Å². The molecule has 0 heterocycles. The topological polar surface area (TPSA) is 12.0 Å². The fourth-order valence-electron chi connectivity index (χ4n) is 2.35. The molecule has 0 aromatic heterocycles. The van der Waals surface area contributed by atoms with Crippen LogP contribution in [-0.4, -0.2) is 13.1 Å². The van der Waals surface area contributed by atoms with Crippen LogP contribution in [-0.2, 0) is 6.42 Å². The highest BCUT2D eigenvalue weighted by atomic mass is 14.8. The highest BCUT2D eigenvalue weighted by molar-refractivity contribution is 5.26. The minimum atomic E-state index is 0.621. The van der Waals surface area contributed by atoms with Crippen LogP contribution in [0.1, 0.15) is 51.7 Å². The van der Waals surface area contributed by atoms with Crippen molar-refractivity contribution in [3.63, 3.8) is 0 Å². The molecule has 0 bridgehead atoms. The second kappa shape index (κ2) is 7.58. The zero-order valence-electron chi connectivity index (χ0n) is 12.7. The van der Waals surface area contributed by atoms with E-state index in [0.717, 1.165) is 19.0 Å². The molecule has 0 amide bonds. The van der Waals surface area contributed by atoms with E-state index in [-0.39, 0.29) is 0 Å². The zero-order valence-corrected chi connectivity index (χ0v) is 12.7. The Morgan fingerprint density at radius 3 is 2.44 bits per heavy atom. The van der Waals surface area contributed by atoms with Gasteiger partial charge in [0.2, 0.25) is 0 Å². The summed E-state index contributed by atoms with van der Waals surface area (Å²) in [4.78, 5) is 0. The summed E-state index contributed by atoms with van der Waals surface area (Å²) >= 11 is 0. The Bertz CT molecular complexity index is 343. The average Bonchev–Trinajstić information content (AvgIpc) is 2.34. The highest BCUT2D eigenvalue weighted by Crippen LogP contribution is 2.25. The molecule has 0 spiro atoms. The normalized spacial score (nSPS) is 14.8. The summed E-state index contributed by atoms with van der Waals surface area (Å²) in [5.74, 6) is 2.03. The van der Waals surface area contributed by atoms with Crippen LogP contribution >= 0.6 is 0 Å². The van der Waals surface area contributed by atoms with Gasteiger partial charge in [0, 0.05) is 0 Å². The maximum absolute atomic E-state index is 3.45. The molecule has 2 atom stereocenters. The molecule has 0 fully saturated rings. The van der Waals surface area contributed by atoms with Crippen LogP contribution in [0.15, 0.2) is 24.3 Å². The molecule has 1 nitrogen and oxygen atoms in total. The van der Waals surface area contributed by atoms with E-state index in [1.165, 1.54) is 17.5 Å². The maximum atomic E-state index is 3.45. The van der Waals surface area contributed by atoms with Crippen molar-refractivity contribution in [2.45, 2.75) is 47.0 Å². The standard InChI is InChI=1S/C17H29N/c1-6-18-12-14(4)15(5)17-9-7-8-16(11-17)10-13(2)3/h7-9,11,13-15,18H,6,10,12H2,1-5H3. The van der Waals surface area contributed by atoms with Gasteiger partial charge in [-0.2, -0.15) is 0 Å². The molecular weight excluding hydrogens is 218 g/mol. The van der Waals surface area contributed by atoms with Crippen molar-refractivity contribution in [2.24, 2.45) is 11.8 Å². The third kappa shape index (κ3) is 4.81. The Labute approximate surface area is 113 Å². The molecule has 18 heavy (non-hydrogen) atoms. The summed E-state index contributed by atoms with van der Waals surface area (Å²) in [5, 5.41) is 3.45. The first-order valence-corrected chi connectivity index (χ1v) is 7.34. The van der Waals surface area contributed by atoms with Gasteiger partial charge in [-0.15, -0.1) is 0 Å². The summed E-state index contributed by atoms with van der Waals surface area (Å²) in [6, 6.07) is 9.14. The van der Waals surface area contributed by atoms with E-state index in [9.17, 15) is 0 Å². The third-order valence-electron chi connectivity index (χ3n) is 3.69. The van der Waals surface area contributed by atoms with Crippen molar-refractivity contribution < 1.29 is 0 Å². The SMILES string of the molecule is CCNCC(C)C(C)c1cccc(CC(C)C)c1. The molecule has 0 radical (unpaired) electrons. The fourth-order valence-corrected chi connectivity index (χ4v) is 2.35. The van der Waals surface area contributed by atoms with Gasteiger partial charge in [0.15, 0.2) is 0 Å². The molecule has 0 aliphatic carbocycles. The lowest BCUT2D eigenvalue weighted by Crippen LogP contribution is -2.24. The number of hydrogen-bond donors (Lipinski definition) is 1. The van der Waals surface area contributed by atoms with Crippen LogP contribution in [0.2, 0.25) is 0 Å². The Morgan fingerprint density at radius 1 is 1.11 bits per heavy atom. The first kappa shape index (κ1) is 15.2. The molecule has 0 aliphatic rings. The lowest BCUT2D eigenvalue weighted by atomic mass is 9.87. The minimum Gasteiger partial charge on any atom is -0.317 e. The van der Waals surface area contributed by atoms with Crippen molar-refractivity contribution in [3.8, 4) is 0 Å². The van der Waals surface area contributed by atoms with Crippen molar-refractivity contribution in [2.75, 3.05) is 13.1 Å². The minimum absolute atomic E-state index is 0.621. The van der Waals surface area contributed by atoms with Crippen LogP contribution in [0.5, 0.6) is 0 Å². The van der Waals surface area contributed by atoms with E-state index in [1.54, 1.807) is 0 Å². The van der Waals surface area contributed by atoms with Crippen LogP contribution in [0.4, 0.5) is 0 Å². The van der Waals surface area contributed by atoms with Gasteiger partial charge in [0.05, 0.1) is 0 Å². The Hall–Kier alpha value is -0.820. The largest absolute Gasteiger partial charge is 0.317 e. The lowest BCUT2D eigenvalue weighted by molar-refractivity contribution is 0.453. The van der Waals surface area contributed by atoms with Gasteiger partial charge < -0.3 is 5.32 Å². The molecule has 102 valence electrons. The summed E-state index contributed by atoms with van der Waals surface area (Å²) in [5.41, 5.74) is 2.96. The first-order chi connectivity index (χ1) is 8.54. The molecular formula is C17H29N. The van der Waals surface area contributed by atoms with Gasteiger partial charge in [-0.25, -0.2) is 0 Å². The summed E-state index contributed by atoms with van der Waals surface area (Å²) in [6.45, 7) is 13.6. The summed E-state index contributed by atoms with van der Waals surface area (Å²) < 4.78 is 0. The Morgan fingerprint density at radius 2 is 1.83 bits per heavy atom. The van der Waals surface area contributed by atoms with E-state index >= 15 is 0 Å². The van der Waals surface area contributed by atoms with E-state index in [1.807, 2.05) is 0 Å². The fraction of sp³-hybridized carbons (Fsp3) is 0.647. The average molecular weight is 247 g/mol. The quantitative estimate of drug-likeness (QED) is 0.760. The third-order valence-corrected chi connectivity index (χ3v) is 3.69. The number of hydrogen-bond acceptors (Lipinski definition) is 1. The van der Waals surface area contributed by atoms with Crippen LogP contribution in [0.3, 0.4) is 0 Å². The predicted octanol–water partition coefficient (Wildman–Crippen LogP) is 4.23. The molecule has 1 heteroatoms. The van der Waals surface area contributed by atoms with Crippen molar-refractivity contribution in [1.82, 2.24) is 5.32 Å². The molecule has 1 aromatic rings. The van der Waals surface area contributed by atoms with Crippen molar-refractivity contribution >= 4 is 0 Å². The maximum Gasteiger partial charge on any atom is -0.00175 e. The van der Waals surface area contributed by atoms with Gasteiger partial charge in [-0.3, -0.25) is 0 Å². The van der Waals surface area contributed by atoms with Crippen LogP contribution in [0, 0.1) is 11.8 Å². The molecule has 0 saturated heterocycles. The zero-order chi connectivity index (χ0) is 13.5. The monoisotopic (exact) mass is 247 g/mol. The molecule has 1 aromatic carbocycles. The van der Waals surface area contributed by atoms with E-state index in [0.29, 0.717) is 11.8 Å². The first-order valence-electron chi connectivity index (χ1n) is 7.34.